The van der Waals surface area contributed by atoms with Crippen LogP contribution < -0.4 is 0 Å². The number of carboxylic acid groups (broad SMARTS) is 1. The quantitative estimate of drug-likeness (QED) is 0.877. The van der Waals surface area contributed by atoms with Crippen LogP contribution >= 0.6 is 11.8 Å². The van der Waals surface area contributed by atoms with E-state index in [2.05, 4.69) is 13.8 Å². The zero-order chi connectivity index (χ0) is 16.6. The van der Waals surface area contributed by atoms with Crippen LogP contribution in [-0.2, 0) is 16.1 Å². The highest BCUT2D eigenvalue weighted by atomic mass is 32.2. The van der Waals surface area contributed by atoms with Crippen LogP contribution in [-0.4, -0.2) is 23.4 Å². The lowest BCUT2D eigenvalue weighted by Crippen LogP contribution is -2.32. The number of benzene rings is 1. The molecule has 0 spiro atoms. The van der Waals surface area contributed by atoms with Crippen molar-refractivity contribution in [3.05, 3.63) is 41.0 Å². The topological polar surface area (TPSA) is 46.5 Å². The second-order valence-electron chi connectivity index (χ2n) is 7.35. The Hall–Kier alpha value is -1.26. The van der Waals surface area contributed by atoms with E-state index in [1.165, 1.54) is 6.42 Å². The molecule has 1 aliphatic carbocycles. The number of hydrogen-bond acceptors (Lipinski definition) is 3. The first kappa shape index (κ1) is 16.6. The van der Waals surface area contributed by atoms with Crippen LogP contribution in [0.2, 0.25) is 0 Å². The lowest BCUT2D eigenvalue weighted by Gasteiger charge is -2.37. The largest absolute Gasteiger partial charge is 0.478 e. The predicted molar refractivity (Wildman–Crippen MR) is 94.2 cm³/mol. The van der Waals surface area contributed by atoms with Gasteiger partial charge in [-0.25, -0.2) is 4.79 Å². The number of carboxylic acids is 1. The maximum absolute atomic E-state index is 11.9. The molecule has 1 aliphatic heterocycles. The summed E-state index contributed by atoms with van der Waals surface area (Å²) in [6.45, 7) is 5.09. The summed E-state index contributed by atoms with van der Waals surface area (Å²) in [4.78, 5) is 12.9. The van der Waals surface area contributed by atoms with Crippen molar-refractivity contribution >= 4 is 22.6 Å². The molecule has 1 aromatic carbocycles. The molecule has 1 saturated carbocycles. The van der Waals surface area contributed by atoms with Gasteiger partial charge in [-0.15, -0.1) is 11.8 Å². The summed E-state index contributed by atoms with van der Waals surface area (Å²) in [5, 5.41) is 10.2. The van der Waals surface area contributed by atoms with Gasteiger partial charge in [-0.3, -0.25) is 0 Å². The molecular weight excluding hydrogens is 308 g/mol. The van der Waals surface area contributed by atoms with E-state index >= 15 is 0 Å². The van der Waals surface area contributed by atoms with Crippen LogP contribution in [0, 0.1) is 11.3 Å². The van der Waals surface area contributed by atoms with Crippen molar-refractivity contribution in [3.8, 4) is 0 Å². The van der Waals surface area contributed by atoms with Crippen molar-refractivity contribution in [1.82, 2.24) is 0 Å². The summed E-state index contributed by atoms with van der Waals surface area (Å²) in [5.41, 5.74) is 3.00. The molecule has 0 saturated heterocycles. The van der Waals surface area contributed by atoms with Gasteiger partial charge >= 0.3 is 5.97 Å². The minimum Gasteiger partial charge on any atom is -0.478 e. The van der Waals surface area contributed by atoms with E-state index in [4.69, 9.17) is 4.74 Å². The highest BCUT2D eigenvalue weighted by Crippen LogP contribution is 2.56. The van der Waals surface area contributed by atoms with Gasteiger partial charge in [-0.05, 0) is 35.8 Å². The first-order valence-electron chi connectivity index (χ1n) is 8.14. The fourth-order valence-electron chi connectivity index (χ4n) is 3.77. The maximum Gasteiger partial charge on any atom is 0.333 e. The molecule has 0 bridgehead atoms. The van der Waals surface area contributed by atoms with Crippen LogP contribution in [0.25, 0.3) is 4.91 Å². The van der Waals surface area contributed by atoms with Gasteiger partial charge in [-0.1, -0.05) is 38.1 Å². The molecule has 0 aromatic heterocycles. The Labute approximate surface area is 142 Å². The van der Waals surface area contributed by atoms with Crippen LogP contribution in [0.5, 0.6) is 0 Å². The van der Waals surface area contributed by atoms with Crippen LogP contribution in [0.15, 0.2) is 29.8 Å². The molecule has 2 atom stereocenters. The van der Waals surface area contributed by atoms with Crippen LogP contribution in [0.4, 0.5) is 0 Å². The molecule has 3 rings (SSSR count). The first-order valence-corrected chi connectivity index (χ1v) is 9.01. The Morgan fingerprint density at radius 1 is 1.35 bits per heavy atom. The van der Waals surface area contributed by atoms with Gasteiger partial charge < -0.3 is 9.84 Å². The highest BCUT2D eigenvalue weighted by molar-refractivity contribution is 8.09. The molecule has 4 heteroatoms. The molecule has 0 radical (unpaired) electrons. The smallest absolute Gasteiger partial charge is 0.333 e. The normalized spacial score (nSPS) is 26.2. The Balaban J connectivity index is 1.95. The number of rotatable bonds is 4. The third-order valence-electron chi connectivity index (χ3n) is 4.97. The van der Waals surface area contributed by atoms with E-state index < -0.39 is 5.97 Å². The molecule has 2 aliphatic rings. The second-order valence-corrected chi connectivity index (χ2v) is 8.60. The van der Waals surface area contributed by atoms with E-state index in [1.54, 1.807) is 18.9 Å². The average molecular weight is 332 g/mol. The number of aliphatic carboxylic acids is 1. The van der Waals surface area contributed by atoms with Gasteiger partial charge in [0.2, 0.25) is 0 Å². The number of carbonyl (C=O) groups is 1. The molecule has 3 nitrogen and oxygen atoms in total. The summed E-state index contributed by atoms with van der Waals surface area (Å²) < 4.78 is 5.14. The first-order chi connectivity index (χ1) is 10.9. The van der Waals surface area contributed by atoms with Gasteiger partial charge in [-0.2, -0.15) is 0 Å². The third kappa shape index (κ3) is 3.33. The van der Waals surface area contributed by atoms with Crippen LogP contribution in [0.1, 0.15) is 44.2 Å². The molecule has 1 N–H and O–H groups in total. The van der Waals surface area contributed by atoms with Crippen molar-refractivity contribution in [1.29, 1.82) is 0 Å². The van der Waals surface area contributed by atoms with E-state index in [0.717, 1.165) is 28.9 Å². The lowest BCUT2D eigenvalue weighted by molar-refractivity contribution is -0.133. The van der Waals surface area contributed by atoms with Crippen molar-refractivity contribution in [3.63, 3.8) is 0 Å². The molecule has 0 amide bonds. The van der Waals surface area contributed by atoms with Crippen molar-refractivity contribution in [2.45, 2.75) is 45.0 Å². The van der Waals surface area contributed by atoms with Crippen molar-refractivity contribution in [2.75, 3.05) is 7.11 Å². The molecule has 124 valence electrons. The minimum atomic E-state index is -0.751. The fraction of sp³-hybridized carbons (Fsp3) is 0.526. The van der Waals surface area contributed by atoms with E-state index in [-0.39, 0.29) is 11.3 Å². The zero-order valence-corrected chi connectivity index (χ0v) is 14.8. The van der Waals surface area contributed by atoms with E-state index in [1.807, 2.05) is 24.3 Å². The molecule has 1 heterocycles. The SMILES string of the molecule is COCc1ccc(C2=C(C(=O)O)C3CC(C)(C)CCC3S2)cc1. The zero-order valence-electron chi connectivity index (χ0n) is 14.0. The van der Waals surface area contributed by atoms with Gasteiger partial charge in [0.1, 0.15) is 0 Å². The lowest BCUT2D eigenvalue weighted by atomic mass is 9.69. The minimum absolute atomic E-state index is 0.176. The number of ether oxygens (including phenoxy) is 1. The Morgan fingerprint density at radius 2 is 2.04 bits per heavy atom. The molecular formula is C19H24O3S. The van der Waals surface area contributed by atoms with Crippen LogP contribution in [0.3, 0.4) is 0 Å². The van der Waals surface area contributed by atoms with E-state index in [0.29, 0.717) is 17.4 Å². The van der Waals surface area contributed by atoms with Gasteiger partial charge in [0.15, 0.2) is 0 Å². The standard InChI is InChI=1S/C19H24O3S/c1-19(2)9-8-15-14(10-19)16(18(20)21)17(23-15)13-6-4-12(5-7-13)11-22-3/h4-7,14-15H,8-11H2,1-3H3,(H,20,21). The number of hydrogen-bond donors (Lipinski definition) is 1. The third-order valence-corrected chi connectivity index (χ3v) is 6.53. The molecule has 1 fully saturated rings. The number of methoxy groups -OCH3 is 1. The highest BCUT2D eigenvalue weighted by Gasteiger charge is 2.45. The van der Waals surface area contributed by atoms with Gasteiger partial charge in [0, 0.05) is 23.2 Å². The van der Waals surface area contributed by atoms with Gasteiger partial charge in [0.25, 0.3) is 0 Å². The number of thioether (sulfide) groups is 1. The Bertz CT molecular complexity index is 631. The summed E-state index contributed by atoms with van der Waals surface area (Å²) in [7, 11) is 1.68. The Morgan fingerprint density at radius 3 is 2.65 bits per heavy atom. The summed E-state index contributed by atoms with van der Waals surface area (Å²) in [6.07, 6.45) is 3.25. The number of fused-ring (bicyclic) bond motifs is 1. The van der Waals surface area contributed by atoms with Crippen molar-refractivity contribution in [2.24, 2.45) is 11.3 Å². The maximum atomic E-state index is 11.9. The van der Waals surface area contributed by atoms with Gasteiger partial charge in [0.05, 0.1) is 12.2 Å². The van der Waals surface area contributed by atoms with Crippen molar-refractivity contribution < 1.29 is 14.6 Å². The second kappa shape index (κ2) is 6.33. The average Bonchev–Trinajstić information content (AvgIpc) is 2.85. The molecule has 2 unspecified atom stereocenters. The molecule has 23 heavy (non-hydrogen) atoms. The predicted octanol–water partition coefficient (Wildman–Crippen LogP) is 4.57. The fourth-order valence-corrected chi connectivity index (χ4v) is 5.35. The van der Waals surface area contributed by atoms with E-state index in [9.17, 15) is 9.90 Å². The Kier molecular flexibility index (Phi) is 4.56. The summed E-state index contributed by atoms with van der Waals surface area (Å²) in [5.74, 6) is -0.575. The summed E-state index contributed by atoms with van der Waals surface area (Å²) in [6, 6.07) is 8.11. The summed E-state index contributed by atoms with van der Waals surface area (Å²) >= 11 is 1.77. The molecule has 1 aromatic rings. The monoisotopic (exact) mass is 332 g/mol.